The average Bonchev–Trinajstić information content (AvgIpc) is 2.78. The van der Waals surface area contributed by atoms with Gasteiger partial charge in [0.25, 0.3) is 0 Å². The van der Waals surface area contributed by atoms with Crippen LogP contribution in [0, 0.1) is 0 Å². The standard InChI is InChI=1S/C24H18N4O/c1-5-13-21-17(9-1)25-18-10-2-6-14-22(18)27(21)29-28-23-15-7-3-11-19(23)26-20-12-4-8-16-24(20)28/h1-16,25-26H. The summed E-state index contributed by atoms with van der Waals surface area (Å²) in [6, 6.07) is 32.6. The van der Waals surface area contributed by atoms with E-state index in [2.05, 4.69) is 59.2 Å². The minimum absolute atomic E-state index is 0.958. The van der Waals surface area contributed by atoms with Crippen LogP contribution < -0.4 is 20.8 Å². The highest BCUT2D eigenvalue weighted by Gasteiger charge is 2.29. The van der Waals surface area contributed by atoms with Crippen LogP contribution in [0.3, 0.4) is 0 Å². The van der Waals surface area contributed by atoms with Gasteiger partial charge in [-0.25, -0.2) is 0 Å². The summed E-state index contributed by atoms with van der Waals surface area (Å²) < 4.78 is 0. The first kappa shape index (κ1) is 16.0. The Morgan fingerprint density at radius 1 is 0.414 bits per heavy atom. The van der Waals surface area contributed by atoms with E-state index in [0.717, 1.165) is 45.5 Å². The molecule has 0 aromatic heterocycles. The molecule has 2 N–H and O–H groups in total. The van der Waals surface area contributed by atoms with Gasteiger partial charge in [-0.1, -0.05) is 48.5 Å². The van der Waals surface area contributed by atoms with E-state index >= 15 is 0 Å². The zero-order valence-corrected chi connectivity index (χ0v) is 15.5. The first-order chi connectivity index (χ1) is 14.4. The molecule has 2 aliphatic rings. The fraction of sp³-hybridized carbons (Fsp3) is 0. The number of nitrogens with zero attached hydrogens (tertiary/aromatic N) is 2. The fourth-order valence-corrected chi connectivity index (χ4v) is 3.83. The molecule has 0 spiro atoms. The van der Waals surface area contributed by atoms with E-state index in [1.165, 1.54) is 0 Å². The van der Waals surface area contributed by atoms with Gasteiger partial charge in [-0.05, 0) is 48.5 Å². The van der Waals surface area contributed by atoms with E-state index in [4.69, 9.17) is 4.94 Å². The third-order valence-electron chi connectivity index (χ3n) is 5.19. The van der Waals surface area contributed by atoms with Gasteiger partial charge in [-0.2, -0.15) is 10.1 Å². The molecule has 0 radical (unpaired) electrons. The highest BCUT2D eigenvalue weighted by molar-refractivity contribution is 5.93. The van der Waals surface area contributed by atoms with Gasteiger partial charge >= 0.3 is 0 Å². The molecule has 4 aromatic rings. The maximum Gasteiger partial charge on any atom is 0.0956 e. The molecular formula is C24H18N4O. The number of anilines is 8. The van der Waals surface area contributed by atoms with Crippen LogP contribution in [0.1, 0.15) is 0 Å². The van der Waals surface area contributed by atoms with Gasteiger partial charge in [0, 0.05) is 0 Å². The summed E-state index contributed by atoms with van der Waals surface area (Å²) in [5.74, 6) is 0. The normalized spacial score (nSPS) is 13.4. The second-order valence-electron chi connectivity index (χ2n) is 6.99. The monoisotopic (exact) mass is 378 g/mol. The third-order valence-corrected chi connectivity index (χ3v) is 5.19. The average molecular weight is 378 g/mol. The van der Waals surface area contributed by atoms with Crippen molar-refractivity contribution in [1.82, 2.24) is 0 Å². The fourth-order valence-electron chi connectivity index (χ4n) is 3.83. The lowest BCUT2D eigenvalue weighted by molar-refractivity contribution is 0.137. The van der Waals surface area contributed by atoms with Crippen LogP contribution in [0.4, 0.5) is 45.5 Å². The number of para-hydroxylation sites is 8. The summed E-state index contributed by atoms with van der Waals surface area (Å²) in [4.78, 5) is 6.62. The van der Waals surface area contributed by atoms with Crippen molar-refractivity contribution in [2.75, 3.05) is 20.8 Å². The molecule has 4 aromatic carbocycles. The maximum absolute atomic E-state index is 6.62. The van der Waals surface area contributed by atoms with Crippen molar-refractivity contribution in [2.24, 2.45) is 0 Å². The van der Waals surface area contributed by atoms with Gasteiger partial charge in [0.05, 0.1) is 45.5 Å². The summed E-state index contributed by atoms with van der Waals surface area (Å²) in [7, 11) is 0. The quantitative estimate of drug-likeness (QED) is 0.410. The molecule has 2 aliphatic heterocycles. The van der Waals surface area contributed by atoms with Crippen LogP contribution >= 0.6 is 0 Å². The molecule has 29 heavy (non-hydrogen) atoms. The minimum Gasteiger partial charge on any atom is -0.352 e. The summed E-state index contributed by atoms with van der Waals surface area (Å²) >= 11 is 0. The van der Waals surface area contributed by atoms with Gasteiger partial charge in [0.15, 0.2) is 0 Å². The van der Waals surface area contributed by atoms with Crippen molar-refractivity contribution in [3.63, 3.8) is 0 Å². The molecular weight excluding hydrogens is 360 g/mol. The van der Waals surface area contributed by atoms with Crippen LogP contribution in [-0.4, -0.2) is 0 Å². The Hall–Kier alpha value is -3.96. The van der Waals surface area contributed by atoms with Crippen LogP contribution in [-0.2, 0) is 4.94 Å². The van der Waals surface area contributed by atoms with E-state index < -0.39 is 0 Å². The van der Waals surface area contributed by atoms with E-state index in [0.29, 0.717) is 0 Å². The predicted octanol–water partition coefficient (Wildman–Crippen LogP) is 6.62. The molecule has 0 atom stereocenters. The zero-order chi connectivity index (χ0) is 19.2. The molecule has 5 heteroatoms. The summed E-state index contributed by atoms with van der Waals surface area (Å²) in [6.07, 6.45) is 0. The Balaban J connectivity index is 1.51. The second kappa shape index (κ2) is 6.29. The molecule has 0 bridgehead atoms. The lowest BCUT2D eigenvalue weighted by Crippen LogP contribution is -2.33. The van der Waals surface area contributed by atoms with E-state index in [9.17, 15) is 0 Å². The summed E-state index contributed by atoms with van der Waals surface area (Å²) in [5, 5.41) is 10.8. The molecule has 5 nitrogen and oxygen atoms in total. The first-order valence-corrected chi connectivity index (χ1v) is 9.57. The summed E-state index contributed by atoms with van der Waals surface area (Å²) in [5.41, 5.74) is 7.84. The van der Waals surface area contributed by atoms with Gasteiger partial charge < -0.3 is 10.6 Å². The van der Waals surface area contributed by atoms with Crippen LogP contribution in [0.15, 0.2) is 97.1 Å². The molecule has 0 saturated heterocycles. The SMILES string of the molecule is c1ccc2c(c1)Nc1ccccc1N2ON1c2ccccc2Nc2ccccc21. The Morgan fingerprint density at radius 3 is 1.00 bits per heavy atom. The number of fused-ring (bicyclic) bond motifs is 4. The van der Waals surface area contributed by atoms with Crippen molar-refractivity contribution >= 4 is 45.5 Å². The number of hydrogen-bond donors (Lipinski definition) is 2. The number of benzene rings is 4. The van der Waals surface area contributed by atoms with Gasteiger partial charge in [-0.3, -0.25) is 0 Å². The van der Waals surface area contributed by atoms with Crippen LogP contribution in [0.25, 0.3) is 0 Å². The maximum atomic E-state index is 6.62. The van der Waals surface area contributed by atoms with Crippen molar-refractivity contribution in [3.05, 3.63) is 97.1 Å². The van der Waals surface area contributed by atoms with Crippen molar-refractivity contribution in [1.29, 1.82) is 0 Å². The van der Waals surface area contributed by atoms with Gasteiger partial charge in [0.1, 0.15) is 0 Å². The van der Waals surface area contributed by atoms with E-state index in [1.807, 2.05) is 58.7 Å². The van der Waals surface area contributed by atoms with Gasteiger partial charge in [-0.15, -0.1) is 4.94 Å². The molecule has 0 saturated carbocycles. The largest absolute Gasteiger partial charge is 0.352 e. The van der Waals surface area contributed by atoms with Crippen LogP contribution in [0.5, 0.6) is 0 Å². The zero-order valence-electron chi connectivity index (χ0n) is 15.5. The topological polar surface area (TPSA) is 39.8 Å². The highest BCUT2D eigenvalue weighted by Crippen LogP contribution is 2.48. The number of nitrogens with one attached hydrogen (secondary N) is 2. The Morgan fingerprint density at radius 2 is 0.690 bits per heavy atom. The Kier molecular flexibility index (Phi) is 3.48. The Bertz CT molecular complexity index is 1040. The van der Waals surface area contributed by atoms with Crippen molar-refractivity contribution in [3.8, 4) is 0 Å². The number of hydrogen-bond acceptors (Lipinski definition) is 5. The Labute approximate surface area is 168 Å². The molecule has 0 aliphatic carbocycles. The second-order valence-corrected chi connectivity index (χ2v) is 6.99. The summed E-state index contributed by atoms with van der Waals surface area (Å²) in [6.45, 7) is 0. The van der Waals surface area contributed by atoms with E-state index in [1.54, 1.807) is 0 Å². The number of rotatable bonds is 2. The van der Waals surface area contributed by atoms with Crippen molar-refractivity contribution < 1.29 is 4.94 Å². The third kappa shape index (κ3) is 2.52. The molecule has 2 heterocycles. The lowest BCUT2D eigenvalue weighted by Gasteiger charge is -2.38. The van der Waals surface area contributed by atoms with Gasteiger partial charge in [0.2, 0.25) is 0 Å². The van der Waals surface area contributed by atoms with Crippen LogP contribution in [0.2, 0.25) is 0 Å². The molecule has 0 unspecified atom stereocenters. The van der Waals surface area contributed by atoms with E-state index in [-0.39, 0.29) is 0 Å². The predicted molar refractivity (Wildman–Crippen MR) is 118 cm³/mol. The lowest BCUT2D eigenvalue weighted by atomic mass is 10.1. The minimum atomic E-state index is 0.958. The molecule has 6 rings (SSSR count). The van der Waals surface area contributed by atoms with Crippen molar-refractivity contribution in [2.45, 2.75) is 0 Å². The molecule has 140 valence electrons. The molecule has 0 amide bonds. The first-order valence-electron chi connectivity index (χ1n) is 9.57. The smallest absolute Gasteiger partial charge is 0.0956 e. The molecule has 0 fully saturated rings. The highest BCUT2D eigenvalue weighted by atomic mass is 16.8.